The highest BCUT2D eigenvalue weighted by Gasteiger charge is 2.40. The van der Waals surface area contributed by atoms with Gasteiger partial charge in [-0.15, -0.1) is 0 Å². The van der Waals surface area contributed by atoms with Crippen LogP contribution in [0.3, 0.4) is 0 Å². The minimum atomic E-state index is -1.39. The van der Waals surface area contributed by atoms with Gasteiger partial charge < -0.3 is 15.3 Å². The molecule has 0 amide bonds. The molecule has 0 aliphatic rings. The van der Waals surface area contributed by atoms with Crippen molar-refractivity contribution in [3.05, 3.63) is 29.8 Å². The zero-order valence-electron chi connectivity index (χ0n) is 10.8. The number of hydrogen-bond donors (Lipinski definition) is 3. The zero-order valence-corrected chi connectivity index (χ0v) is 10.8. The summed E-state index contributed by atoms with van der Waals surface area (Å²) < 4.78 is 0. The van der Waals surface area contributed by atoms with Gasteiger partial charge in [-0.3, -0.25) is 4.79 Å². The number of phenolic OH excluding ortho intramolecular Hbond substituents is 1. The molecule has 0 heterocycles. The van der Waals surface area contributed by atoms with Gasteiger partial charge in [0.1, 0.15) is 11.4 Å². The van der Waals surface area contributed by atoms with Gasteiger partial charge in [-0.05, 0) is 30.5 Å². The third-order valence-corrected chi connectivity index (χ3v) is 3.36. The Balaban J connectivity index is 3.16. The van der Waals surface area contributed by atoms with Crippen LogP contribution < -0.4 is 0 Å². The smallest absolute Gasteiger partial charge is 0.309 e. The third kappa shape index (κ3) is 2.82. The molecule has 2 unspecified atom stereocenters. The van der Waals surface area contributed by atoms with Crippen molar-refractivity contribution in [1.82, 2.24) is 0 Å². The molecule has 100 valence electrons. The van der Waals surface area contributed by atoms with Gasteiger partial charge in [0.2, 0.25) is 0 Å². The number of carbonyl (C=O) groups is 1. The molecular weight excluding hydrogens is 232 g/mol. The molecule has 1 aromatic carbocycles. The number of aromatic hydroxyl groups is 1. The predicted octanol–water partition coefficient (Wildman–Crippen LogP) is 2.49. The molecule has 0 bridgehead atoms. The summed E-state index contributed by atoms with van der Waals surface area (Å²) in [5.74, 6) is -1.73. The zero-order chi connectivity index (χ0) is 13.8. The maximum absolute atomic E-state index is 11.3. The fourth-order valence-corrected chi connectivity index (χ4v) is 2.26. The van der Waals surface area contributed by atoms with E-state index in [9.17, 15) is 20.1 Å². The molecule has 4 nitrogen and oxygen atoms in total. The van der Waals surface area contributed by atoms with Gasteiger partial charge in [-0.1, -0.05) is 32.4 Å². The predicted molar refractivity (Wildman–Crippen MR) is 68.3 cm³/mol. The summed E-state index contributed by atoms with van der Waals surface area (Å²) in [4.78, 5) is 11.3. The van der Waals surface area contributed by atoms with E-state index < -0.39 is 17.5 Å². The lowest BCUT2D eigenvalue weighted by molar-refractivity contribution is -0.154. The summed E-state index contributed by atoms with van der Waals surface area (Å²) in [6.07, 6.45) is 1.42. The van der Waals surface area contributed by atoms with Crippen molar-refractivity contribution in [2.24, 2.45) is 5.92 Å². The van der Waals surface area contributed by atoms with Gasteiger partial charge >= 0.3 is 5.97 Å². The van der Waals surface area contributed by atoms with Crippen LogP contribution in [-0.2, 0) is 10.4 Å². The standard InChI is InChI=1S/C14H20O4/c1-3-5-12(13(16)17)14(18,4-2)10-6-8-11(15)9-7-10/h6-9,12,15,18H,3-5H2,1-2H3,(H,16,17). The number of aliphatic hydroxyl groups is 1. The first kappa shape index (κ1) is 14.5. The van der Waals surface area contributed by atoms with Crippen LogP contribution in [0, 0.1) is 5.92 Å². The first-order valence-electron chi connectivity index (χ1n) is 6.20. The minimum Gasteiger partial charge on any atom is -0.508 e. The van der Waals surface area contributed by atoms with Gasteiger partial charge in [-0.2, -0.15) is 0 Å². The molecule has 18 heavy (non-hydrogen) atoms. The van der Waals surface area contributed by atoms with Crippen molar-refractivity contribution in [2.45, 2.75) is 38.7 Å². The molecule has 0 aliphatic carbocycles. The summed E-state index contributed by atoms with van der Waals surface area (Å²) in [5.41, 5.74) is -0.862. The van der Waals surface area contributed by atoms with Crippen LogP contribution in [0.25, 0.3) is 0 Å². The van der Waals surface area contributed by atoms with Crippen molar-refractivity contribution in [3.8, 4) is 5.75 Å². The fourth-order valence-electron chi connectivity index (χ4n) is 2.26. The minimum absolute atomic E-state index is 0.0968. The van der Waals surface area contributed by atoms with Gasteiger partial charge in [-0.25, -0.2) is 0 Å². The Kier molecular flexibility index (Phi) is 4.73. The second-order valence-corrected chi connectivity index (χ2v) is 4.50. The molecule has 0 saturated heterocycles. The Morgan fingerprint density at radius 1 is 1.28 bits per heavy atom. The van der Waals surface area contributed by atoms with Crippen molar-refractivity contribution in [1.29, 1.82) is 0 Å². The quantitative estimate of drug-likeness (QED) is 0.727. The number of hydrogen-bond acceptors (Lipinski definition) is 3. The van der Waals surface area contributed by atoms with Gasteiger partial charge in [0.15, 0.2) is 0 Å². The highest BCUT2D eigenvalue weighted by atomic mass is 16.4. The highest BCUT2D eigenvalue weighted by Crippen LogP contribution is 2.36. The van der Waals surface area contributed by atoms with Crippen LogP contribution in [0.15, 0.2) is 24.3 Å². The van der Waals surface area contributed by atoms with Crippen LogP contribution in [0.5, 0.6) is 5.75 Å². The van der Waals surface area contributed by atoms with Gasteiger partial charge in [0.05, 0.1) is 5.92 Å². The Hall–Kier alpha value is -1.55. The second-order valence-electron chi connectivity index (χ2n) is 4.50. The molecule has 0 fully saturated rings. The van der Waals surface area contributed by atoms with Crippen molar-refractivity contribution in [3.63, 3.8) is 0 Å². The van der Waals surface area contributed by atoms with Gasteiger partial charge in [0.25, 0.3) is 0 Å². The summed E-state index contributed by atoms with van der Waals surface area (Å²) >= 11 is 0. The van der Waals surface area contributed by atoms with Crippen molar-refractivity contribution < 1.29 is 20.1 Å². The normalized spacial score (nSPS) is 15.9. The van der Waals surface area contributed by atoms with Crippen molar-refractivity contribution in [2.75, 3.05) is 0 Å². The van der Waals surface area contributed by atoms with E-state index in [1.165, 1.54) is 12.1 Å². The maximum Gasteiger partial charge on any atom is 0.309 e. The molecule has 3 N–H and O–H groups in total. The van der Waals surface area contributed by atoms with Crippen molar-refractivity contribution >= 4 is 5.97 Å². The Morgan fingerprint density at radius 2 is 1.83 bits per heavy atom. The van der Waals surface area contributed by atoms with E-state index in [1.54, 1.807) is 19.1 Å². The third-order valence-electron chi connectivity index (χ3n) is 3.36. The number of phenols is 1. The van der Waals surface area contributed by atoms with Crippen LogP contribution in [-0.4, -0.2) is 21.3 Å². The van der Waals surface area contributed by atoms with Crippen LogP contribution in [0.1, 0.15) is 38.7 Å². The fraction of sp³-hybridized carbons (Fsp3) is 0.500. The average molecular weight is 252 g/mol. The lowest BCUT2D eigenvalue weighted by Gasteiger charge is -2.33. The van der Waals surface area contributed by atoms with E-state index in [2.05, 4.69) is 0 Å². The number of rotatable bonds is 6. The van der Waals surface area contributed by atoms with E-state index >= 15 is 0 Å². The number of carboxylic acid groups (broad SMARTS) is 1. The summed E-state index contributed by atoms with van der Waals surface area (Å²) in [7, 11) is 0. The van der Waals surface area contributed by atoms with E-state index in [0.717, 1.165) is 0 Å². The van der Waals surface area contributed by atoms with E-state index in [1.807, 2.05) is 6.92 Å². The highest BCUT2D eigenvalue weighted by molar-refractivity contribution is 5.72. The SMILES string of the molecule is CCCC(C(=O)O)C(O)(CC)c1ccc(O)cc1. The Morgan fingerprint density at radius 3 is 2.22 bits per heavy atom. The van der Waals surface area contributed by atoms with Crippen LogP contribution in [0.2, 0.25) is 0 Å². The lowest BCUT2D eigenvalue weighted by atomic mass is 9.77. The Bertz CT molecular complexity index is 399. The molecule has 0 spiro atoms. The maximum atomic E-state index is 11.3. The summed E-state index contributed by atoms with van der Waals surface area (Å²) in [6.45, 7) is 3.65. The monoisotopic (exact) mass is 252 g/mol. The second kappa shape index (κ2) is 5.87. The van der Waals surface area contributed by atoms with E-state index in [4.69, 9.17) is 0 Å². The molecule has 1 aromatic rings. The van der Waals surface area contributed by atoms with E-state index in [0.29, 0.717) is 24.8 Å². The molecule has 1 rings (SSSR count). The lowest BCUT2D eigenvalue weighted by Crippen LogP contribution is -2.39. The number of carboxylic acids is 1. The van der Waals surface area contributed by atoms with E-state index in [-0.39, 0.29) is 5.75 Å². The molecule has 0 radical (unpaired) electrons. The number of aliphatic carboxylic acids is 1. The summed E-state index contributed by atoms with van der Waals surface area (Å²) in [6, 6.07) is 6.07. The van der Waals surface area contributed by atoms with Gasteiger partial charge in [0, 0.05) is 0 Å². The van der Waals surface area contributed by atoms with Crippen LogP contribution >= 0.6 is 0 Å². The van der Waals surface area contributed by atoms with Crippen LogP contribution in [0.4, 0.5) is 0 Å². The Labute approximate surface area is 107 Å². The molecular formula is C14H20O4. The molecule has 0 saturated carbocycles. The molecule has 2 atom stereocenters. The topological polar surface area (TPSA) is 77.8 Å². The number of benzene rings is 1. The largest absolute Gasteiger partial charge is 0.508 e. The average Bonchev–Trinajstić information content (AvgIpc) is 2.35. The molecule has 0 aliphatic heterocycles. The first-order valence-corrected chi connectivity index (χ1v) is 6.20. The summed E-state index contributed by atoms with van der Waals surface area (Å²) in [5, 5.41) is 29.2. The molecule has 0 aromatic heterocycles. The first-order chi connectivity index (χ1) is 8.45. The molecule has 4 heteroatoms.